The smallest absolute Gasteiger partial charge is 0.255 e. The Balaban J connectivity index is 2.28. The van der Waals surface area contributed by atoms with Gasteiger partial charge < -0.3 is 5.32 Å². The van der Waals surface area contributed by atoms with E-state index in [-0.39, 0.29) is 11.9 Å². The van der Waals surface area contributed by atoms with Crippen LogP contribution >= 0.6 is 0 Å². The summed E-state index contributed by atoms with van der Waals surface area (Å²) < 4.78 is 1.78. The van der Waals surface area contributed by atoms with Gasteiger partial charge in [-0.1, -0.05) is 25.1 Å². The van der Waals surface area contributed by atoms with Crippen molar-refractivity contribution in [3.63, 3.8) is 0 Å². The largest absolute Gasteiger partial charge is 0.348 e. The maximum absolute atomic E-state index is 12.3. The van der Waals surface area contributed by atoms with Crippen LogP contribution in [0.25, 0.3) is 5.69 Å². The van der Waals surface area contributed by atoms with Crippen LogP contribution in [0.4, 0.5) is 0 Å². The molecule has 0 radical (unpaired) electrons. The third-order valence-electron chi connectivity index (χ3n) is 3.22. The van der Waals surface area contributed by atoms with Gasteiger partial charge in [0.15, 0.2) is 0 Å². The van der Waals surface area contributed by atoms with E-state index in [0.717, 1.165) is 11.4 Å². The lowest BCUT2D eigenvalue weighted by molar-refractivity contribution is 0.0940. The molecule has 0 aliphatic rings. The Labute approximate surface area is 124 Å². The molecule has 0 aliphatic heterocycles. The first kappa shape index (κ1) is 14.8. The zero-order valence-corrected chi connectivity index (χ0v) is 12.2. The van der Waals surface area contributed by atoms with E-state index in [4.69, 9.17) is 5.26 Å². The van der Waals surface area contributed by atoms with E-state index < -0.39 is 0 Å². The molecule has 5 nitrogen and oxygen atoms in total. The summed E-state index contributed by atoms with van der Waals surface area (Å²) in [4.78, 5) is 12.3. The molecule has 1 N–H and O–H groups in total. The van der Waals surface area contributed by atoms with Crippen molar-refractivity contribution in [2.45, 2.75) is 32.7 Å². The maximum Gasteiger partial charge on any atom is 0.255 e. The van der Waals surface area contributed by atoms with Gasteiger partial charge >= 0.3 is 0 Å². The normalized spacial score (nSPS) is 11.7. The van der Waals surface area contributed by atoms with Gasteiger partial charge in [-0.15, -0.1) is 0 Å². The standard InChI is InChI=1S/C16H18N4O/c1-3-15-14(16(21)19-12(2)9-10-17)11-18-20(15)13-7-5-4-6-8-13/h4-8,11-12H,3,9H2,1-2H3,(H,19,21)/t12-/m1/s1. The average molecular weight is 282 g/mol. The summed E-state index contributed by atoms with van der Waals surface area (Å²) in [6, 6.07) is 11.6. The van der Waals surface area contributed by atoms with Crippen LogP contribution in [0.5, 0.6) is 0 Å². The molecule has 1 aromatic carbocycles. The van der Waals surface area contributed by atoms with Crippen molar-refractivity contribution in [3.8, 4) is 11.8 Å². The van der Waals surface area contributed by atoms with E-state index in [0.29, 0.717) is 18.4 Å². The molecule has 1 atom stereocenters. The van der Waals surface area contributed by atoms with Crippen LogP contribution in [0.1, 0.15) is 36.3 Å². The van der Waals surface area contributed by atoms with Crippen LogP contribution in [0.2, 0.25) is 0 Å². The molecule has 1 amide bonds. The molecule has 0 bridgehead atoms. The zero-order valence-electron chi connectivity index (χ0n) is 12.2. The predicted molar refractivity (Wildman–Crippen MR) is 80.1 cm³/mol. The highest BCUT2D eigenvalue weighted by atomic mass is 16.1. The second kappa shape index (κ2) is 6.71. The van der Waals surface area contributed by atoms with E-state index in [9.17, 15) is 4.79 Å². The third kappa shape index (κ3) is 3.29. The van der Waals surface area contributed by atoms with Gasteiger partial charge in [0.2, 0.25) is 0 Å². The molecule has 0 fully saturated rings. The van der Waals surface area contributed by atoms with Crippen LogP contribution in [-0.2, 0) is 6.42 Å². The number of carbonyl (C=O) groups excluding carboxylic acids is 1. The predicted octanol–water partition coefficient (Wildman–Crippen LogP) is 2.47. The first-order valence-electron chi connectivity index (χ1n) is 6.97. The van der Waals surface area contributed by atoms with E-state index in [1.54, 1.807) is 10.9 Å². The number of para-hydroxylation sites is 1. The minimum atomic E-state index is -0.184. The summed E-state index contributed by atoms with van der Waals surface area (Å²) in [5.41, 5.74) is 2.35. The Morgan fingerprint density at radius 3 is 2.76 bits per heavy atom. The fraction of sp³-hybridized carbons (Fsp3) is 0.312. The molecule has 5 heteroatoms. The number of rotatable bonds is 5. The second-order valence-corrected chi connectivity index (χ2v) is 4.84. The van der Waals surface area contributed by atoms with Gasteiger partial charge in [0.25, 0.3) is 5.91 Å². The molecular formula is C16H18N4O. The summed E-state index contributed by atoms with van der Waals surface area (Å²) in [6.45, 7) is 3.81. The molecule has 0 saturated heterocycles. The van der Waals surface area contributed by atoms with Crippen molar-refractivity contribution < 1.29 is 4.79 Å². The van der Waals surface area contributed by atoms with Gasteiger partial charge in [0.05, 0.1) is 35.6 Å². The molecule has 0 unspecified atom stereocenters. The van der Waals surface area contributed by atoms with Crippen LogP contribution < -0.4 is 5.32 Å². The molecule has 0 saturated carbocycles. The second-order valence-electron chi connectivity index (χ2n) is 4.84. The van der Waals surface area contributed by atoms with E-state index in [1.165, 1.54) is 0 Å². The first-order chi connectivity index (χ1) is 10.2. The number of nitriles is 1. The topological polar surface area (TPSA) is 70.7 Å². The molecule has 108 valence electrons. The molecular weight excluding hydrogens is 264 g/mol. The average Bonchev–Trinajstić information content (AvgIpc) is 2.92. The third-order valence-corrected chi connectivity index (χ3v) is 3.22. The zero-order chi connectivity index (χ0) is 15.2. The lowest BCUT2D eigenvalue weighted by Crippen LogP contribution is -2.32. The van der Waals surface area contributed by atoms with Crippen molar-refractivity contribution in [2.24, 2.45) is 0 Å². The highest BCUT2D eigenvalue weighted by molar-refractivity contribution is 5.95. The summed E-state index contributed by atoms with van der Waals surface area (Å²) in [5, 5.41) is 15.8. The van der Waals surface area contributed by atoms with Crippen molar-refractivity contribution in [3.05, 3.63) is 47.8 Å². The number of hydrogen-bond donors (Lipinski definition) is 1. The van der Waals surface area contributed by atoms with Crippen molar-refractivity contribution in [2.75, 3.05) is 0 Å². The highest BCUT2D eigenvalue weighted by Crippen LogP contribution is 2.15. The quantitative estimate of drug-likeness (QED) is 0.915. The van der Waals surface area contributed by atoms with Crippen molar-refractivity contribution in [1.29, 1.82) is 5.26 Å². The lowest BCUT2D eigenvalue weighted by Gasteiger charge is -2.11. The maximum atomic E-state index is 12.3. The van der Waals surface area contributed by atoms with Crippen LogP contribution in [0.3, 0.4) is 0 Å². The van der Waals surface area contributed by atoms with Gasteiger partial charge in [0, 0.05) is 6.04 Å². The molecule has 0 aliphatic carbocycles. The minimum Gasteiger partial charge on any atom is -0.348 e. The first-order valence-corrected chi connectivity index (χ1v) is 6.97. The SMILES string of the molecule is CCc1c(C(=O)N[C@H](C)CC#N)cnn1-c1ccccc1. The number of aromatic nitrogens is 2. The highest BCUT2D eigenvalue weighted by Gasteiger charge is 2.18. The van der Waals surface area contributed by atoms with Crippen LogP contribution in [-0.4, -0.2) is 21.7 Å². The number of benzene rings is 1. The molecule has 2 aromatic rings. The number of carbonyl (C=O) groups is 1. The Morgan fingerprint density at radius 2 is 2.14 bits per heavy atom. The van der Waals surface area contributed by atoms with Crippen LogP contribution in [0.15, 0.2) is 36.5 Å². The Hall–Kier alpha value is -2.61. The van der Waals surface area contributed by atoms with E-state index in [2.05, 4.69) is 10.4 Å². The number of hydrogen-bond acceptors (Lipinski definition) is 3. The lowest BCUT2D eigenvalue weighted by atomic mass is 10.1. The van der Waals surface area contributed by atoms with E-state index in [1.807, 2.05) is 50.2 Å². The molecule has 1 heterocycles. The van der Waals surface area contributed by atoms with Crippen molar-refractivity contribution >= 4 is 5.91 Å². The summed E-state index contributed by atoms with van der Waals surface area (Å²) in [5.74, 6) is -0.184. The fourth-order valence-electron chi connectivity index (χ4n) is 2.18. The minimum absolute atomic E-state index is 0.174. The molecule has 1 aromatic heterocycles. The summed E-state index contributed by atoms with van der Waals surface area (Å²) in [6.07, 6.45) is 2.57. The van der Waals surface area contributed by atoms with Gasteiger partial charge in [-0.25, -0.2) is 4.68 Å². The number of nitrogens with zero attached hydrogens (tertiary/aromatic N) is 3. The van der Waals surface area contributed by atoms with Gasteiger partial charge in [-0.2, -0.15) is 10.4 Å². The Bertz CT molecular complexity index is 655. The molecule has 0 spiro atoms. The fourth-order valence-corrected chi connectivity index (χ4v) is 2.18. The summed E-state index contributed by atoms with van der Waals surface area (Å²) >= 11 is 0. The van der Waals surface area contributed by atoms with Gasteiger partial charge in [-0.3, -0.25) is 4.79 Å². The number of amides is 1. The van der Waals surface area contributed by atoms with Gasteiger partial charge in [-0.05, 0) is 25.5 Å². The Morgan fingerprint density at radius 1 is 1.43 bits per heavy atom. The Kier molecular flexibility index (Phi) is 4.72. The molecule has 2 rings (SSSR count). The monoisotopic (exact) mass is 282 g/mol. The van der Waals surface area contributed by atoms with Crippen LogP contribution in [0, 0.1) is 11.3 Å². The van der Waals surface area contributed by atoms with E-state index >= 15 is 0 Å². The van der Waals surface area contributed by atoms with Crippen molar-refractivity contribution in [1.82, 2.24) is 15.1 Å². The number of nitrogens with one attached hydrogen (secondary N) is 1. The van der Waals surface area contributed by atoms with Gasteiger partial charge in [0.1, 0.15) is 0 Å². The molecule has 21 heavy (non-hydrogen) atoms. The summed E-state index contributed by atoms with van der Waals surface area (Å²) in [7, 11) is 0.